The molecule has 2 unspecified atom stereocenters. The lowest BCUT2D eigenvalue weighted by atomic mass is 9.87. The highest BCUT2D eigenvalue weighted by atomic mass is 19.4. The Labute approximate surface area is 254 Å². The summed E-state index contributed by atoms with van der Waals surface area (Å²) in [6.07, 6.45) is -2.46. The predicted octanol–water partition coefficient (Wildman–Crippen LogP) is 7.21. The van der Waals surface area contributed by atoms with Gasteiger partial charge in [0, 0.05) is 59.0 Å². The number of para-hydroxylation sites is 1. The van der Waals surface area contributed by atoms with Crippen LogP contribution in [0.25, 0.3) is 16.6 Å². The summed E-state index contributed by atoms with van der Waals surface area (Å²) in [7, 11) is 0. The van der Waals surface area contributed by atoms with Gasteiger partial charge in [-0.2, -0.15) is 17.6 Å². The van der Waals surface area contributed by atoms with E-state index in [0.29, 0.717) is 36.2 Å². The Morgan fingerprint density at radius 2 is 1.84 bits per heavy atom. The molecule has 0 spiro atoms. The second kappa shape index (κ2) is 12.1. The molecule has 2 aromatic carbocycles. The van der Waals surface area contributed by atoms with Gasteiger partial charge in [-0.25, -0.2) is 4.39 Å². The number of alkyl halides is 3. The number of halogens is 5. The van der Waals surface area contributed by atoms with E-state index >= 15 is 4.39 Å². The number of piperidine rings is 1. The van der Waals surface area contributed by atoms with Crippen LogP contribution in [0.2, 0.25) is 0 Å². The fourth-order valence-corrected chi connectivity index (χ4v) is 6.92. The minimum Gasteiger partial charge on any atom is -0.503 e. The lowest BCUT2D eigenvalue weighted by molar-refractivity contribution is -0.0940. The summed E-state index contributed by atoms with van der Waals surface area (Å²) in [6.45, 7) is 10.1. The lowest BCUT2D eigenvalue weighted by Gasteiger charge is -2.37. The number of H-pyrrole nitrogens is 1. The molecular formula is C33H40F5N5O. The number of aromatic amines is 1. The van der Waals surface area contributed by atoms with Gasteiger partial charge >= 0.3 is 6.18 Å². The summed E-state index contributed by atoms with van der Waals surface area (Å²) in [5.41, 5.74) is 11.3. The lowest BCUT2D eigenvalue weighted by Crippen LogP contribution is -2.54. The summed E-state index contributed by atoms with van der Waals surface area (Å²) >= 11 is 0. The number of allylic oxidation sites excluding steroid dienone is 1. The number of phenols is 1. The average molecular weight is 618 g/mol. The molecule has 5 rings (SSSR count). The van der Waals surface area contributed by atoms with Crippen molar-refractivity contribution in [3.63, 3.8) is 0 Å². The van der Waals surface area contributed by atoms with Crippen LogP contribution in [0, 0.1) is 24.6 Å². The number of hydrogen-bond acceptors (Lipinski definition) is 5. The van der Waals surface area contributed by atoms with Gasteiger partial charge in [0.15, 0.2) is 17.5 Å². The molecule has 1 saturated heterocycles. The molecule has 0 saturated carbocycles. The first-order valence-electron chi connectivity index (χ1n) is 15.2. The summed E-state index contributed by atoms with van der Waals surface area (Å²) < 4.78 is 70.5. The van der Waals surface area contributed by atoms with Crippen molar-refractivity contribution in [3.05, 3.63) is 75.6 Å². The van der Waals surface area contributed by atoms with Gasteiger partial charge < -0.3 is 20.3 Å². The van der Waals surface area contributed by atoms with Gasteiger partial charge in [-0.3, -0.25) is 10.6 Å². The van der Waals surface area contributed by atoms with Gasteiger partial charge in [-0.05, 0) is 62.3 Å². The Morgan fingerprint density at radius 1 is 1.18 bits per heavy atom. The van der Waals surface area contributed by atoms with Crippen LogP contribution in [0.5, 0.6) is 5.75 Å². The molecule has 0 aliphatic carbocycles. The van der Waals surface area contributed by atoms with E-state index in [-0.39, 0.29) is 29.5 Å². The normalized spacial score (nSPS) is 20.5. The standard InChI is InChI=1S/C33H40F5N5O/c1-6-19-10-9-11-20(7-2)28(19)43-18(5)22-12-13-42(32(39)40-15-21(8-3)33(36,37)38)16-24(22)29(43)23-14-25(34)30(44)27-26(23)17(4)31(35)41-27/h9-11,14-15,18,22,32,40-41,44H,6-8,12-13,16,39H2,1-5H3/b21-15+/t18-,22?,32?/m0/s1. The maximum Gasteiger partial charge on any atom is 0.414 e. The van der Waals surface area contributed by atoms with E-state index in [1.54, 1.807) is 6.92 Å². The number of nitrogens with zero attached hydrogens (tertiary/aromatic N) is 2. The van der Waals surface area contributed by atoms with Crippen LogP contribution in [0.15, 0.2) is 41.6 Å². The molecule has 0 radical (unpaired) electrons. The first-order valence-corrected chi connectivity index (χ1v) is 15.2. The van der Waals surface area contributed by atoms with Crippen molar-refractivity contribution >= 4 is 22.3 Å². The van der Waals surface area contributed by atoms with E-state index < -0.39 is 35.6 Å². The Kier molecular flexibility index (Phi) is 8.74. The highest BCUT2D eigenvalue weighted by Crippen LogP contribution is 2.50. The van der Waals surface area contributed by atoms with Crippen molar-refractivity contribution in [2.45, 2.75) is 78.8 Å². The third kappa shape index (κ3) is 5.34. The minimum absolute atomic E-state index is 0.0194. The Balaban J connectivity index is 1.72. The minimum atomic E-state index is -4.47. The fourth-order valence-electron chi connectivity index (χ4n) is 6.92. The van der Waals surface area contributed by atoms with E-state index in [2.05, 4.69) is 48.1 Å². The number of nitrogens with two attached hydrogens (primary N) is 1. The highest BCUT2D eigenvalue weighted by molar-refractivity contribution is 6.02. The van der Waals surface area contributed by atoms with E-state index in [1.165, 1.54) is 13.0 Å². The van der Waals surface area contributed by atoms with E-state index in [1.807, 2.05) is 11.0 Å². The second-order valence-electron chi connectivity index (χ2n) is 11.7. The first-order chi connectivity index (χ1) is 20.8. The number of aromatic hydroxyl groups is 1. The molecule has 2 aliphatic heterocycles. The maximum absolute atomic E-state index is 15.4. The Hall–Kier alpha value is -3.57. The first kappa shape index (κ1) is 31.8. The molecule has 5 N–H and O–H groups in total. The molecule has 11 heteroatoms. The number of anilines is 1. The third-order valence-corrected chi connectivity index (χ3v) is 9.30. The molecule has 3 aromatic rings. The van der Waals surface area contributed by atoms with E-state index in [0.717, 1.165) is 41.4 Å². The number of benzene rings is 2. The molecule has 3 heterocycles. The number of hydrogen-bond donors (Lipinski definition) is 4. The molecule has 2 aliphatic rings. The quantitative estimate of drug-likeness (QED) is 0.159. The van der Waals surface area contributed by atoms with Crippen LogP contribution in [-0.2, 0) is 12.8 Å². The Bertz CT molecular complexity index is 1600. The van der Waals surface area contributed by atoms with Gasteiger partial charge in [-0.15, -0.1) is 0 Å². The largest absolute Gasteiger partial charge is 0.503 e. The molecular weight excluding hydrogens is 577 g/mol. The van der Waals surface area contributed by atoms with Crippen LogP contribution in [-0.4, -0.2) is 46.6 Å². The second-order valence-corrected chi connectivity index (χ2v) is 11.7. The number of nitrogens with one attached hydrogen (secondary N) is 2. The summed E-state index contributed by atoms with van der Waals surface area (Å²) in [6, 6.07) is 7.38. The number of likely N-dealkylation sites (tertiary alicyclic amines) is 1. The van der Waals surface area contributed by atoms with Crippen LogP contribution >= 0.6 is 0 Å². The Morgan fingerprint density at radius 3 is 2.43 bits per heavy atom. The van der Waals surface area contributed by atoms with Crippen molar-refractivity contribution in [2.75, 3.05) is 18.0 Å². The summed E-state index contributed by atoms with van der Waals surface area (Å²) in [5.74, 6) is -2.17. The van der Waals surface area contributed by atoms with Gasteiger partial charge in [-0.1, -0.05) is 39.0 Å². The number of fused-ring (bicyclic) bond motifs is 2. The molecule has 44 heavy (non-hydrogen) atoms. The SMILES string of the molecule is CC/C(=C\NC(N)N1CCC2C(=C(c3cc(F)c(O)c4[nH]c(F)c(C)c34)N(c3c(CC)cccc3CC)[C@H]2C)C1)C(F)(F)F. The number of aryl methyl sites for hydroxylation is 3. The third-order valence-electron chi connectivity index (χ3n) is 9.30. The smallest absolute Gasteiger partial charge is 0.414 e. The fraction of sp³-hybridized carbons (Fsp3) is 0.455. The average Bonchev–Trinajstić information content (AvgIpc) is 3.45. The summed E-state index contributed by atoms with van der Waals surface area (Å²) in [5, 5.41) is 13.7. The van der Waals surface area contributed by atoms with Crippen molar-refractivity contribution in [3.8, 4) is 5.75 Å². The van der Waals surface area contributed by atoms with Gasteiger partial charge in [0.1, 0.15) is 6.29 Å². The maximum atomic E-state index is 15.4. The van der Waals surface area contributed by atoms with Gasteiger partial charge in [0.05, 0.1) is 11.2 Å². The van der Waals surface area contributed by atoms with Gasteiger partial charge in [0.2, 0.25) is 0 Å². The molecule has 1 fully saturated rings. The zero-order chi connectivity index (χ0) is 32.1. The molecule has 0 amide bonds. The number of aromatic nitrogens is 1. The van der Waals surface area contributed by atoms with Crippen molar-refractivity contribution in [1.29, 1.82) is 0 Å². The monoisotopic (exact) mass is 617 g/mol. The van der Waals surface area contributed by atoms with Crippen LogP contribution in [0.3, 0.4) is 0 Å². The number of phenolic OH excluding ortho intramolecular Hbond substituents is 1. The topological polar surface area (TPSA) is 80.5 Å². The zero-order valence-electron chi connectivity index (χ0n) is 25.7. The van der Waals surface area contributed by atoms with Crippen molar-refractivity contribution in [1.82, 2.24) is 15.2 Å². The van der Waals surface area contributed by atoms with Crippen LogP contribution in [0.1, 0.15) is 62.8 Å². The summed E-state index contributed by atoms with van der Waals surface area (Å²) in [4.78, 5) is 6.62. The molecule has 3 atom stereocenters. The van der Waals surface area contributed by atoms with Gasteiger partial charge in [0.25, 0.3) is 0 Å². The van der Waals surface area contributed by atoms with Crippen LogP contribution < -0.4 is 16.0 Å². The van der Waals surface area contributed by atoms with E-state index in [9.17, 15) is 22.7 Å². The molecule has 6 nitrogen and oxygen atoms in total. The van der Waals surface area contributed by atoms with Crippen molar-refractivity contribution in [2.24, 2.45) is 11.7 Å². The molecule has 238 valence electrons. The zero-order valence-corrected chi connectivity index (χ0v) is 25.7. The van der Waals surface area contributed by atoms with Crippen LogP contribution in [0.4, 0.5) is 27.6 Å². The van der Waals surface area contributed by atoms with E-state index in [4.69, 9.17) is 5.73 Å². The predicted molar refractivity (Wildman–Crippen MR) is 164 cm³/mol. The number of rotatable bonds is 8. The molecule has 0 bridgehead atoms. The molecule has 1 aromatic heterocycles. The van der Waals surface area contributed by atoms with Crippen molar-refractivity contribution < 1.29 is 27.1 Å². The highest BCUT2D eigenvalue weighted by Gasteiger charge is 2.44.